The van der Waals surface area contributed by atoms with Crippen molar-refractivity contribution in [1.82, 2.24) is 9.88 Å². The van der Waals surface area contributed by atoms with Crippen LogP contribution in [-0.4, -0.2) is 23.2 Å². The molecule has 4 rings (SSSR count). The molecule has 1 saturated carbocycles. The molecule has 1 aliphatic rings. The minimum Gasteiger partial charge on any atom is -0.461 e. The van der Waals surface area contributed by atoms with Gasteiger partial charge in [-0.25, -0.2) is 4.79 Å². The summed E-state index contributed by atoms with van der Waals surface area (Å²) in [6.07, 6.45) is 2.78. The van der Waals surface area contributed by atoms with Crippen molar-refractivity contribution in [3.63, 3.8) is 0 Å². The van der Waals surface area contributed by atoms with Gasteiger partial charge in [0.25, 0.3) is 0 Å². The van der Waals surface area contributed by atoms with Gasteiger partial charge in [0.15, 0.2) is 0 Å². The van der Waals surface area contributed by atoms with Crippen LogP contribution in [0.15, 0.2) is 48.5 Å². The van der Waals surface area contributed by atoms with E-state index >= 15 is 0 Å². The molecule has 4 nitrogen and oxygen atoms in total. The predicted octanol–water partition coefficient (Wildman–Crippen LogP) is 4.82. The van der Waals surface area contributed by atoms with Crippen molar-refractivity contribution in [1.29, 1.82) is 0 Å². The van der Waals surface area contributed by atoms with E-state index in [-0.39, 0.29) is 5.97 Å². The zero-order valence-corrected chi connectivity index (χ0v) is 16.6. The Morgan fingerprint density at radius 3 is 2.64 bits per heavy atom. The zero-order chi connectivity index (χ0) is 20.4. The number of nitrogens with one attached hydrogen (secondary N) is 1. The lowest BCUT2D eigenvalue weighted by atomic mass is 9.93. The highest BCUT2D eigenvalue weighted by atomic mass is 16.5. The van der Waals surface area contributed by atoms with E-state index in [9.17, 15) is 4.79 Å². The van der Waals surface area contributed by atoms with Crippen molar-refractivity contribution >= 4 is 16.9 Å². The second-order valence-electron chi connectivity index (χ2n) is 7.45. The number of rotatable bonds is 7. The Morgan fingerprint density at radius 2 is 1.96 bits per heavy atom. The van der Waals surface area contributed by atoms with Gasteiger partial charge in [0.05, 0.1) is 6.61 Å². The van der Waals surface area contributed by atoms with Crippen LogP contribution in [0.3, 0.4) is 0 Å². The van der Waals surface area contributed by atoms with Gasteiger partial charge in [0.1, 0.15) is 5.69 Å². The molecule has 0 unspecified atom stereocenters. The third-order valence-electron chi connectivity index (χ3n) is 5.48. The third kappa shape index (κ3) is 3.69. The fourth-order valence-electron chi connectivity index (χ4n) is 3.77. The highest BCUT2D eigenvalue weighted by molar-refractivity contribution is 5.99. The molecule has 0 aliphatic heterocycles. The van der Waals surface area contributed by atoms with Gasteiger partial charge in [-0.15, -0.1) is 0 Å². The average molecular weight is 378 g/mol. The topological polar surface area (TPSA) is 43.3 Å². The molecule has 0 saturated heterocycles. The zero-order valence-electron chi connectivity index (χ0n) is 17.6. The summed E-state index contributed by atoms with van der Waals surface area (Å²) in [5.74, 6) is -0.305. The van der Waals surface area contributed by atoms with Gasteiger partial charge >= 0.3 is 5.97 Å². The number of carbonyl (C=O) groups is 1. The van der Waals surface area contributed by atoms with Gasteiger partial charge in [0, 0.05) is 36.9 Å². The number of esters is 1. The van der Waals surface area contributed by atoms with Gasteiger partial charge in [-0.1, -0.05) is 54.4 Å². The molecule has 3 aromatic rings. The van der Waals surface area contributed by atoms with Crippen molar-refractivity contribution in [2.45, 2.75) is 52.2 Å². The summed E-state index contributed by atoms with van der Waals surface area (Å²) in [4.78, 5) is 13.0. The molecule has 1 aromatic heterocycles. The lowest BCUT2D eigenvalue weighted by Gasteiger charge is -2.26. The molecule has 1 aliphatic carbocycles. The van der Waals surface area contributed by atoms with Gasteiger partial charge in [-0.3, -0.25) is 0 Å². The number of hydrogen-bond acceptors (Lipinski definition) is 3. The molecule has 0 radical (unpaired) electrons. The monoisotopic (exact) mass is 377 g/mol. The number of benzene rings is 2. The first kappa shape index (κ1) is 17.5. The molecule has 0 amide bonds. The maximum absolute atomic E-state index is 13.0. The minimum absolute atomic E-state index is 0.305. The van der Waals surface area contributed by atoms with Crippen molar-refractivity contribution < 1.29 is 10.9 Å². The number of hydrogen-bond donors (Lipinski definition) is 1. The van der Waals surface area contributed by atoms with Crippen molar-refractivity contribution in [3.05, 3.63) is 70.9 Å². The van der Waals surface area contributed by atoms with E-state index in [4.69, 9.17) is 6.11 Å². The van der Waals surface area contributed by atoms with Crippen LogP contribution in [0.25, 0.3) is 10.9 Å². The van der Waals surface area contributed by atoms with Gasteiger partial charge in [0.2, 0.25) is 0 Å². The number of carbonyl (C=O) groups excluding carboxylic acids is 1. The molecule has 0 bridgehead atoms. The summed E-state index contributed by atoms with van der Waals surface area (Å²) in [7, 11) is 0. The summed E-state index contributed by atoms with van der Waals surface area (Å²) in [6.45, 7) is 5.32. The Hall–Kier alpha value is -2.59. The molecule has 146 valence electrons. The van der Waals surface area contributed by atoms with Gasteiger partial charge in [-0.05, 0) is 38.3 Å². The van der Waals surface area contributed by atoms with Crippen LogP contribution < -0.4 is 5.32 Å². The van der Waals surface area contributed by atoms with Gasteiger partial charge < -0.3 is 14.6 Å². The Morgan fingerprint density at radius 1 is 1.21 bits per heavy atom. The SMILES string of the molecule is [2H]C1(NCc2c(C(=O)OCC)n(Cc3ccc(C)cc3)c3ccccc23)CCC1. The number of aryl methyl sites for hydroxylation is 1. The number of para-hydroxylation sites is 1. The second-order valence-corrected chi connectivity index (χ2v) is 7.45. The van der Waals surface area contributed by atoms with E-state index in [1.54, 1.807) is 0 Å². The lowest BCUT2D eigenvalue weighted by molar-refractivity contribution is 0.0513. The van der Waals surface area contributed by atoms with E-state index in [0.29, 0.717) is 25.4 Å². The molecule has 2 aromatic carbocycles. The Kier molecular flexibility index (Phi) is 5.12. The minimum atomic E-state index is -0.577. The molecular weight excluding hydrogens is 348 g/mol. The molecule has 1 N–H and O–H groups in total. The molecule has 1 fully saturated rings. The van der Waals surface area contributed by atoms with Crippen LogP contribution >= 0.6 is 0 Å². The number of nitrogens with zero attached hydrogens (tertiary/aromatic N) is 1. The van der Waals surface area contributed by atoms with Gasteiger partial charge in [-0.2, -0.15) is 0 Å². The quantitative estimate of drug-likeness (QED) is 0.601. The number of ether oxygens (including phenoxy) is 1. The summed E-state index contributed by atoms with van der Waals surface area (Å²) in [6, 6.07) is 15.9. The molecule has 0 atom stereocenters. The number of fused-ring (bicyclic) bond motifs is 1. The van der Waals surface area contributed by atoms with Crippen molar-refractivity contribution in [3.8, 4) is 0 Å². The van der Waals surface area contributed by atoms with E-state index in [0.717, 1.165) is 41.3 Å². The Bertz CT molecular complexity index is 1020. The fourth-order valence-corrected chi connectivity index (χ4v) is 3.77. The van der Waals surface area contributed by atoms with Crippen LogP contribution in [0.4, 0.5) is 0 Å². The lowest BCUT2D eigenvalue weighted by Crippen LogP contribution is -2.35. The summed E-state index contributed by atoms with van der Waals surface area (Å²) >= 11 is 0. The van der Waals surface area contributed by atoms with Crippen LogP contribution in [0.2, 0.25) is 0 Å². The van der Waals surface area contributed by atoms with E-state index in [1.807, 2.05) is 19.1 Å². The summed E-state index contributed by atoms with van der Waals surface area (Å²) < 4.78 is 15.9. The fraction of sp³-hybridized carbons (Fsp3) is 0.375. The number of aromatic nitrogens is 1. The first-order valence-corrected chi connectivity index (χ1v) is 10.1. The summed E-state index contributed by atoms with van der Waals surface area (Å²) in [5, 5.41) is 4.41. The predicted molar refractivity (Wildman–Crippen MR) is 113 cm³/mol. The van der Waals surface area contributed by atoms with Crippen LogP contribution in [0.5, 0.6) is 0 Å². The van der Waals surface area contributed by atoms with Crippen molar-refractivity contribution in [2.75, 3.05) is 6.61 Å². The van der Waals surface area contributed by atoms with E-state index < -0.39 is 6.02 Å². The van der Waals surface area contributed by atoms with E-state index in [2.05, 4.69) is 53.2 Å². The smallest absolute Gasteiger partial charge is 0.355 e. The Balaban J connectivity index is 1.80. The second kappa shape index (κ2) is 8.19. The normalized spacial score (nSPS) is 15.9. The highest BCUT2D eigenvalue weighted by Crippen LogP contribution is 2.29. The van der Waals surface area contributed by atoms with Crippen molar-refractivity contribution in [2.24, 2.45) is 0 Å². The first-order chi connectivity index (χ1) is 14.0. The van der Waals surface area contributed by atoms with E-state index in [1.165, 1.54) is 5.56 Å². The average Bonchev–Trinajstić information content (AvgIpc) is 3.00. The third-order valence-corrected chi connectivity index (χ3v) is 5.48. The molecule has 28 heavy (non-hydrogen) atoms. The molecule has 1 heterocycles. The largest absolute Gasteiger partial charge is 0.461 e. The Labute approximate surface area is 167 Å². The maximum Gasteiger partial charge on any atom is 0.355 e. The highest BCUT2D eigenvalue weighted by Gasteiger charge is 2.25. The van der Waals surface area contributed by atoms with Crippen LogP contribution in [0, 0.1) is 6.92 Å². The summed E-state index contributed by atoms with van der Waals surface area (Å²) in [5.41, 5.74) is 4.87. The van der Waals surface area contributed by atoms with Crippen LogP contribution in [-0.2, 0) is 17.8 Å². The first-order valence-electron chi connectivity index (χ1n) is 10.6. The molecule has 4 heteroatoms. The standard InChI is InChI=1S/C24H28N2O2/c1-3-28-24(27)23-21(15-25-19-7-6-8-19)20-9-4-5-10-22(20)26(23)16-18-13-11-17(2)12-14-18/h4-5,9-14,19,25H,3,6-8,15-16H2,1-2H3/i19D. The van der Waals surface area contributed by atoms with Crippen LogP contribution in [0.1, 0.15) is 54.7 Å². The molecular formula is C24H28N2O2. The maximum atomic E-state index is 13.0. The molecule has 0 spiro atoms.